The SMILES string of the molecule is CC(C)c1cc(-c2cc(C3=CCCC=C3)nc(-c3ccccc3)c2)nc(-c2cc(-c3ccccc3)nc(-c3ccccc3)c2)c1. The molecule has 0 atom stereocenters. The van der Waals surface area contributed by atoms with E-state index in [-0.39, 0.29) is 0 Å². The third kappa shape index (κ3) is 6.30. The molecule has 1 aliphatic rings. The Morgan fingerprint density at radius 3 is 1.24 bits per heavy atom. The van der Waals surface area contributed by atoms with Gasteiger partial charge >= 0.3 is 0 Å². The molecule has 0 bridgehead atoms. The second kappa shape index (κ2) is 12.7. The minimum Gasteiger partial charge on any atom is -0.248 e. The molecule has 0 saturated carbocycles. The van der Waals surface area contributed by atoms with Crippen molar-refractivity contribution in [1.29, 1.82) is 0 Å². The van der Waals surface area contributed by atoms with Gasteiger partial charge < -0.3 is 0 Å². The van der Waals surface area contributed by atoms with E-state index < -0.39 is 0 Å². The Labute approximate surface area is 265 Å². The van der Waals surface area contributed by atoms with Crippen molar-refractivity contribution < 1.29 is 0 Å². The number of hydrogen-bond acceptors (Lipinski definition) is 3. The van der Waals surface area contributed by atoms with E-state index in [2.05, 4.69) is 141 Å². The largest absolute Gasteiger partial charge is 0.248 e. The molecule has 218 valence electrons. The highest BCUT2D eigenvalue weighted by molar-refractivity contribution is 5.81. The lowest BCUT2D eigenvalue weighted by Gasteiger charge is -2.16. The molecule has 6 aromatic rings. The molecule has 3 heteroatoms. The number of benzene rings is 3. The summed E-state index contributed by atoms with van der Waals surface area (Å²) in [4.78, 5) is 15.6. The fraction of sp³-hybridized carbons (Fsp3) is 0.119. The standard InChI is InChI=1S/C42H35N3/c1-29(2)34-23-41(35-25-37(30-15-7-3-8-16-30)43-38(26-35)31-17-9-4-10-18-31)45-42(24-34)36-27-39(32-19-11-5-12-20-32)44-40(28-36)33-21-13-6-14-22-33/h3-5,7-13,15-29H,6,14H2,1-2H3. The van der Waals surface area contributed by atoms with Crippen LogP contribution in [0.15, 0.2) is 146 Å². The number of pyridine rings is 3. The Bertz CT molecular complexity index is 1950. The van der Waals surface area contributed by atoms with E-state index in [1.165, 1.54) is 5.56 Å². The highest BCUT2D eigenvalue weighted by atomic mass is 14.8. The Morgan fingerprint density at radius 2 is 0.844 bits per heavy atom. The molecule has 7 rings (SSSR count). The van der Waals surface area contributed by atoms with Gasteiger partial charge in [-0.25, -0.2) is 15.0 Å². The Kier molecular flexibility index (Phi) is 7.99. The van der Waals surface area contributed by atoms with Crippen LogP contribution < -0.4 is 0 Å². The maximum absolute atomic E-state index is 5.35. The van der Waals surface area contributed by atoms with Gasteiger partial charge in [0.25, 0.3) is 0 Å². The van der Waals surface area contributed by atoms with Gasteiger partial charge in [0.2, 0.25) is 0 Å². The smallest absolute Gasteiger partial charge is 0.0716 e. The number of aromatic nitrogens is 3. The van der Waals surface area contributed by atoms with E-state index in [1.54, 1.807) is 0 Å². The molecule has 3 heterocycles. The molecule has 3 aromatic heterocycles. The van der Waals surface area contributed by atoms with Gasteiger partial charge in [-0.2, -0.15) is 0 Å². The highest BCUT2D eigenvalue weighted by Gasteiger charge is 2.16. The average molecular weight is 582 g/mol. The van der Waals surface area contributed by atoms with E-state index in [0.29, 0.717) is 5.92 Å². The van der Waals surface area contributed by atoms with Crippen LogP contribution in [0.25, 0.3) is 61.9 Å². The number of nitrogens with zero attached hydrogens (tertiary/aromatic N) is 3. The topological polar surface area (TPSA) is 38.7 Å². The molecule has 3 aromatic carbocycles. The molecule has 0 saturated heterocycles. The predicted molar refractivity (Wildman–Crippen MR) is 187 cm³/mol. The van der Waals surface area contributed by atoms with Crippen LogP contribution in [0.3, 0.4) is 0 Å². The van der Waals surface area contributed by atoms with Crippen LogP contribution in [0.4, 0.5) is 0 Å². The van der Waals surface area contributed by atoms with Gasteiger partial charge in [-0.05, 0) is 66.3 Å². The number of rotatable bonds is 7. The Hall–Kier alpha value is -5.41. The predicted octanol–water partition coefficient (Wildman–Crippen LogP) is 11.1. The lowest BCUT2D eigenvalue weighted by molar-refractivity contribution is 0.864. The maximum Gasteiger partial charge on any atom is 0.0716 e. The summed E-state index contributed by atoms with van der Waals surface area (Å²) in [6.07, 6.45) is 8.81. The molecular weight excluding hydrogens is 546 g/mol. The van der Waals surface area contributed by atoms with Crippen LogP contribution in [-0.4, -0.2) is 15.0 Å². The highest BCUT2D eigenvalue weighted by Crippen LogP contribution is 2.35. The molecule has 0 N–H and O–H groups in total. The van der Waals surface area contributed by atoms with Gasteiger partial charge in [-0.15, -0.1) is 0 Å². The Morgan fingerprint density at radius 1 is 0.444 bits per heavy atom. The fourth-order valence-electron chi connectivity index (χ4n) is 5.76. The third-order valence-electron chi connectivity index (χ3n) is 8.26. The summed E-state index contributed by atoms with van der Waals surface area (Å²) in [5, 5.41) is 0. The normalized spacial score (nSPS) is 12.7. The molecule has 0 unspecified atom stereocenters. The van der Waals surface area contributed by atoms with Gasteiger partial charge in [0, 0.05) is 27.8 Å². The maximum atomic E-state index is 5.35. The minimum atomic E-state index is 0.327. The van der Waals surface area contributed by atoms with Crippen LogP contribution >= 0.6 is 0 Å². The van der Waals surface area contributed by atoms with Crippen molar-refractivity contribution in [3.63, 3.8) is 0 Å². The Balaban J connectivity index is 1.42. The van der Waals surface area contributed by atoms with Crippen LogP contribution in [0.5, 0.6) is 0 Å². The van der Waals surface area contributed by atoms with Gasteiger partial charge in [-0.1, -0.05) is 123 Å². The van der Waals surface area contributed by atoms with Crippen molar-refractivity contribution in [1.82, 2.24) is 15.0 Å². The first kappa shape index (κ1) is 28.4. The second-order valence-electron chi connectivity index (χ2n) is 11.8. The van der Waals surface area contributed by atoms with Gasteiger partial charge in [-0.3, -0.25) is 0 Å². The quantitative estimate of drug-likeness (QED) is 0.188. The summed E-state index contributed by atoms with van der Waals surface area (Å²) in [5.74, 6) is 0.327. The van der Waals surface area contributed by atoms with Crippen molar-refractivity contribution in [2.24, 2.45) is 0 Å². The van der Waals surface area contributed by atoms with Crippen LogP contribution in [0.2, 0.25) is 0 Å². The molecule has 0 aliphatic heterocycles. The fourth-order valence-corrected chi connectivity index (χ4v) is 5.76. The van der Waals surface area contributed by atoms with Crippen molar-refractivity contribution in [3.05, 3.63) is 157 Å². The van der Waals surface area contributed by atoms with Crippen molar-refractivity contribution >= 4 is 5.57 Å². The summed E-state index contributed by atoms with van der Waals surface area (Å²) < 4.78 is 0. The van der Waals surface area contributed by atoms with Gasteiger partial charge in [0.05, 0.1) is 34.2 Å². The number of hydrogen-bond donors (Lipinski definition) is 0. The molecule has 45 heavy (non-hydrogen) atoms. The zero-order chi connectivity index (χ0) is 30.6. The van der Waals surface area contributed by atoms with E-state index in [4.69, 9.17) is 15.0 Å². The second-order valence-corrected chi connectivity index (χ2v) is 11.8. The summed E-state index contributed by atoms with van der Waals surface area (Å²) in [6, 6.07) is 44.4. The molecule has 0 amide bonds. The summed E-state index contributed by atoms with van der Waals surface area (Å²) >= 11 is 0. The third-order valence-corrected chi connectivity index (χ3v) is 8.26. The van der Waals surface area contributed by atoms with E-state index >= 15 is 0 Å². The van der Waals surface area contributed by atoms with Crippen molar-refractivity contribution in [3.8, 4) is 56.3 Å². The lowest BCUT2D eigenvalue weighted by Crippen LogP contribution is -1.99. The summed E-state index contributed by atoms with van der Waals surface area (Å²) in [6.45, 7) is 4.48. The summed E-state index contributed by atoms with van der Waals surface area (Å²) in [5.41, 5.74) is 13.4. The van der Waals surface area contributed by atoms with E-state index in [1.807, 2.05) is 18.2 Å². The van der Waals surface area contributed by atoms with Crippen LogP contribution in [0, 0.1) is 0 Å². The van der Waals surface area contributed by atoms with Crippen LogP contribution in [-0.2, 0) is 0 Å². The molecule has 0 fully saturated rings. The first-order chi connectivity index (χ1) is 22.1. The summed E-state index contributed by atoms with van der Waals surface area (Å²) in [7, 11) is 0. The minimum absolute atomic E-state index is 0.327. The van der Waals surface area contributed by atoms with Gasteiger partial charge in [0.1, 0.15) is 0 Å². The zero-order valence-electron chi connectivity index (χ0n) is 25.7. The first-order valence-corrected chi connectivity index (χ1v) is 15.7. The van der Waals surface area contributed by atoms with E-state index in [9.17, 15) is 0 Å². The monoisotopic (exact) mass is 581 g/mol. The van der Waals surface area contributed by atoms with Crippen molar-refractivity contribution in [2.45, 2.75) is 32.6 Å². The average Bonchev–Trinajstić information content (AvgIpc) is 3.12. The van der Waals surface area contributed by atoms with Crippen molar-refractivity contribution in [2.75, 3.05) is 0 Å². The van der Waals surface area contributed by atoms with E-state index in [0.717, 1.165) is 80.4 Å². The molecule has 1 aliphatic carbocycles. The van der Waals surface area contributed by atoms with Crippen LogP contribution in [0.1, 0.15) is 43.9 Å². The molecule has 3 nitrogen and oxygen atoms in total. The number of allylic oxidation sites excluding steroid dienone is 4. The molecular formula is C42H35N3. The first-order valence-electron chi connectivity index (χ1n) is 15.7. The van der Waals surface area contributed by atoms with Gasteiger partial charge in [0.15, 0.2) is 0 Å². The lowest BCUT2D eigenvalue weighted by atomic mass is 9.95. The molecule has 0 radical (unpaired) electrons. The molecule has 0 spiro atoms. The zero-order valence-corrected chi connectivity index (χ0v) is 25.7.